The number of aliphatic hydroxyl groups excluding tert-OH is 1. The van der Waals surface area contributed by atoms with Gasteiger partial charge in [-0.15, -0.1) is 0 Å². The van der Waals surface area contributed by atoms with Crippen molar-refractivity contribution in [3.8, 4) is 0 Å². The Morgan fingerprint density at radius 2 is 2.42 bits per heavy atom. The van der Waals surface area contributed by atoms with E-state index in [-0.39, 0.29) is 24.9 Å². The minimum absolute atomic E-state index is 0.0119. The summed E-state index contributed by atoms with van der Waals surface area (Å²) in [5.74, 6) is 0. The van der Waals surface area contributed by atoms with Gasteiger partial charge in [-0.2, -0.15) is 0 Å². The minimum atomic E-state index is -0.598. The maximum absolute atomic E-state index is 9.18. The van der Waals surface area contributed by atoms with Crippen molar-refractivity contribution >= 4 is 0 Å². The number of fused-ring (bicyclic) bond motifs is 2. The van der Waals surface area contributed by atoms with Crippen LogP contribution >= 0.6 is 0 Å². The Kier molecular flexibility index (Phi) is 1.88. The predicted octanol–water partition coefficient (Wildman–Crippen LogP) is -0.450. The molecule has 4 atom stereocenters. The summed E-state index contributed by atoms with van der Waals surface area (Å²) in [5, 5.41) is 9.18. The van der Waals surface area contributed by atoms with Gasteiger partial charge in [0.05, 0.1) is 19.3 Å². The zero-order valence-corrected chi connectivity index (χ0v) is 7.32. The van der Waals surface area contributed by atoms with Gasteiger partial charge in [-0.05, 0) is 6.92 Å². The summed E-state index contributed by atoms with van der Waals surface area (Å²) in [6.07, 6.45) is -0.101. The molecular formula is C8H14O4. The van der Waals surface area contributed by atoms with E-state index in [0.717, 1.165) is 0 Å². The molecule has 0 aliphatic carbocycles. The molecule has 0 aromatic carbocycles. The average molecular weight is 174 g/mol. The maximum Gasteiger partial charge on any atom is 0.143 e. The molecule has 2 aliphatic heterocycles. The first-order chi connectivity index (χ1) is 5.73. The van der Waals surface area contributed by atoms with E-state index in [2.05, 4.69) is 0 Å². The van der Waals surface area contributed by atoms with Crippen LogP contribution in [0.25, 0.3) is 0 Å². The summed E-state index contributed by atoms with van der Waals surface area (Å²) in [6.45, 7) is 2.34. The summed E-state index contributed by atoms with van der Waals surface area (Å²) in [6, 6.07) is 0. The highest BCUT2D eigenvalue weighted by Crippen LogP contribution is 2.40. The lowest BCUT2D eigenvalue weighted by Crippen LogP contribution is -2.45. The molecule has 0 amide bonds. The minimum Gasteiger partial charge on any atom is -0.393 e. The number of ether oxygens (including phenoxy) is 3. The van der Waals surface area contributed by atoms with Crippen LogP contribution < -0.4 is 0 Å². The van der Waals surface area contributed by atoms with E-state index in [0.29, 0.717) is 6.61 Å². The van der Waals surface area contributed by atoms with Gasteiger partial charge in [-0.1, -0.05) is 0 Å². The predicted molar refractivity (Wildman–Crippen MR) is 40.9 cm³/mol. The number of hydrogen-bond donors (Lipinski definition) is 1. The lowest BCUT2D eigenvalue weighted by Gasteiger charge is -2.27. The van der Waals surface area contributed by atoms with Gasteiger partial charge in [0.25, 0.3) is 0 Å². The molecule has 4 heteroatoms. The summed E-state index contributed by atoms with van der Waals surface area (Å²) in [7, 11) is 1.62. The lowest BCUT2D eigenvalue weighted by molar-refractivity contribution is -0.156. The molecule has 2 saturated heterocycles. The zero-order chi connectivity index (χ0) is 8.77. The number of methoxy groups -OCH3 is 1. The number of rotatable bonds is 2. The fourth-order valence-electron chi connectivity index (χ4n) is 2.15. The second-order valence-corrected chi connectivity index (χ2v) is 3.48. The van der Waals surface area contributed by atoms with Crippen LogP contribution in [0, 0.1) is 0 Å². The first-order valence-corrected chi connectivity index (χ1v) is 4.16. The van der Waals surface area contributed by atoms with Crippen LogP contribution in [-0.2, 0) is 14.2 Å². The molecule has 12 heavy (non-hydrogen) atoms. The van der Waals surface area contributed by atoms with Gasteiger partial charge >= 0.3 is 0 Å². The Labute approximate surface area is 71.4 Å². The molecule has 0 radical (unpaired) electrons. The van der Waals surface area contributed by atoms with Crippen LogP contribution in [-0.4, -0.2) is 49.3 Å². The van der Waals surface area contributed by atoms with Gasteiger partial charge in [0.15, 0.2) is 0 Å². The van der Waals surface area contributed by atoms with Crippen molar-refractivity contribution in [2.24, 2.45) is 0 Å². The van der Waals surface area contributed by atoms with Crippen molar-refractivity contribution in [2.45, 2.75) is 30.8 Å². The molecule has 0 aromatic rings. The van der Waals surface area contributed by atoms with Gasteiger partial charge in [-0.3, -0.25) is 0 Å². The molecule has 70 valence electrons. The molecule has 0 saturated carbocycles. The Balaban J connectivity index is 2.23. The number of aliphatic hydroxyl groups is 1. The molecular weight excluding hydrogens is 160 g/mol. The highest BCUT2D eigenvalue weighted by atomic mass is 16.7. The smallest absolute Gasteiger partial charge is 0.143 e. The van der Waals surface area contributed by atoms with Crippen molar-refractivity contribution in [3.05, 3.63) is 0 Å². The Hall–Kier alpha value is -0.160. The normalized spacial score (nSPS) is 51.8. The lowest BCUT2D eigenvalue weighted by atomic mass is 10.00. The fourth-order valence-corrected chi connectivity index (χ4v) is 2.15. The molecule has 2 aliphatic rings. The second-order valence-electron chi connectivity index (χ2n) is 3.48. The molecule has 0 aromatic heterocycles. The highest BCUT2D eigenvalue weighted by molar-refractivity contribution is 5.07. The van der Waals surface area contributed by atoms with E-state index in [1.54, 1.807) is 7.11 Å². The fraction of sp³-hybridized carbons (Fsp3) is 1.00. The quantitative estimate of drug-likeness (QED) is 0.616. The third-order valence-corrected chi connectivity index (χ3v) is 2.74. The van der Waals surface area contributed by atoms with Crippen LogP contribution in [0.4, 0.5) is 0 Å². The van der Waals surface area contributed by atoms with E-state index in [1.807, 2.05) is 6.92 Å². The molecule has 2 bridgehead atoms. The van der Waals surface area contributed by atoms with Crippen LogP contribution in [0.3, 0.4) is 0 Å². The maximum atomic E-state index is 9.18. The summed E-state index contributed by atoms with van der Waals surface area (Å²) < 4.78 is 16.3. The van der Waals surface area contributed by atoms with E-state index >= 15 is 0 Å². The Bertz CT molecular complexity index is 184. The van der Waals surface area contributed by atoms with Crippen LogP contribution in [0.1, 0.15) is 6.92 Å². The van der Waals surface area contributed by atoms with Gasteiger partial charge in [0.1, 0.15) is 17.8 Å². The Morgan fingerprint density at radius 1 is 1.67 bits per heavy atom. The largest absolute Gasteiger partial charge is 0.393 e. The molecule has 2 fully saturated rings. The van der Waals surface area contributed by atoms with E-state index in [1.165, 1.54) is 0 Å². The van der Waals surface area contributed by atoms with Gasteiger partial charge in [0, 0.05) is 7.11 Å². The molecule has 1 unspecified atom stereocenters. The summed E-state index contributed by atoms with van der Waals surface area (Å²) in [5.41, 5.74) is -0.598. The van der Waals surface area contributed by atoms with Crippen molar-refractivity contribution in [3.63, 3.8) is 0 Å². The zero-order valence-electron chi connectivity index (χ0n) is 7.32. The van der Waals surface area contributed by atoms with Gasteiger partial charge in [0.2, 0.25) is 0 Å². The summed E-state index contributed by atoms with van der Waals surface area (Å²) >= 11 is 0. The topological polar surface area (TPSA) is 47.9 Å². The molecule has 4 nitrogen and oxygen atoms in total. The van der Waals surface area contributed by atoms with Crippen molar-refractivity contribution in [1.29, 1.82) is 0 Å². The van der Waals surface area contributed by atoms with Gasteiger partial charge in [-0.25, -0.2) is 0 Å². The second kappa shape index (κ2) is 2.67. The van der Waals surface area contributed by atoms with E-state index in [4.69, 9.17) is 14.2 Å². The monoisotopic (exact) mass is 174 g/mol. The standard InChI is InChI=1S/C8H14O4/c1-5-6-7(10-2)8(3-9,12-5)4-11-6/h5-7,9H,3-4H2,1-2H3/t5-,6?,7-,8+/m0/s1. The van der Waals surface area contributed by atoms with Gasteiger partial charge < -0.3 is 19.3 Å². The third kappa shape index (κ3) is 0.864. The molecule has 0 spiro atoms. The van der Waals surface area contributed by atoms with E-state index < -0.39 is 5.60 Å². The van der Waals surface area contributed by atoms with Crippen molar-refractivity contribution in [1.82, 2.24) is 0 Å². The van der Waals surface area contributed by atoms with Crippen LogP contribution in [0.15, 0.2) is 0 Å². The van der Waals surface area contributed by atoms with Crippen LogP contribution in [0.2, 0.25) is 0 Å². The Morgan fingerprint density at radius 3 is 2.83 bits per heavy atom. The van der Waals surface area contributed by atoms with Crippen LogP contribution in [0.5, 0.6) is 0 Å². The first-order valence-electron chi connectivity index (χ1n) is 4.16. The van der Waals surface area contributed by atoms with E-state index in [9.17, 15) is 5.11 Å². The molecule has 1 N–H and O–H groups in total. The highest BCUT2D eigenvalue weighted by Gasteiger charge is 2.60. The molecule has 2 rings (SSSR count). The molecule has 2 heterocycles. The summed E-state index contributed by atoms with van der Waals surface area (Å²) in [4.78, 5) is 0. The van der Waals surface area contributed by atoms with Crippen molar-refractivity contribution in [2.75, 3.05) is 20.3 Å². The number of hydrogen-bond acceptors (Lipinski definition) is 4. The van der Waals surface area contributed by atoms with Crippen molar-refractivity contribution < 1.29 is 19.3 Å². The third-order valence-electron chi connectivity index (χ3n) is 2.74. The first kappa shape index (κ1) is 8.44. The average Bonchev–Trinajstić information content (AvgIpc) is 2.56. The SMILES string of the molecule is CO[C@H]1C2OC[C@@]1(CO)O[C@H]2C.